The number of carbonyl (C=O) groups is 1. The maximum atomic E-state index is 12.4. The van der Waals surface area contributed by atoms with E-state index < -0.39 is 0 Å². The zero-order valence-electron chi connectivity index (χ0n) is 15.7. The summed E-state index contributed by atoms with van der Waals surface area (Å²) in [6.45, 7) is 2.89. The van der Waals surface area contributed by atoms with Gasteiger partial charge in [0.1, 0.15) is 0 Å². The predicted molar refractivity (Wildman–Crippen MR) is 121 cm³/mol. The van der Waals surface area contributed by atoms with Crippen molar-refractivity contribution in [3.05, 3.63) is 60.2 Å². The largest absolute Gasteiger partial charge is 0.319 e. The molecule has 0 aliphatic heterocycles. The quantitative estimate of drug-likeness (QED) is 0.309. The van der Waals surface area contributed by atoms with Crippen molar-refractivity contribution in [3.8, 4) is 0 Å². The minimum Gasteiger partial charge on any atom is -0.319 e. The van der Waals surface area contributed by atoms with Crippen LogP contribution < -0.4 is 5.32 Å². The third-order valence-corrected chi connectivity index (χ3v) is 7.15. The van der Waals surface area contributed by atoms with E-state index in [1.165, 1.54) is 28.7 Å². The van der Waals surface area contributed by atoms with Crippen LogP contribution in [0.2, 0.25) is 0 Å². The van der Waals surface area contributed by atoms with Crippen molar-refractivity contribution in [2.24, 2.45) is 0 Å². The van der Waals surface area contributed by atoms with Gasteiger partial charge >= 0.3 is 0 Å². The van der Waals surface area contributed by atoms with Gasteiger partial charge in [-0.15, -0.1) is 10.2 Å². The number of imidazole rings is 1. The molecule has 1 N–H and O–H groups in total. The van der Waals surface area contributed by atoms with Gasteiger partial charge in [-0.1, -0.05) is 77.3 Å². The summed E-state index contributed by atoms with van der Waals surface area (Å²) in [5, 5.41) is 12.4. The molecule has 0 aliphatic carbocycles. The van der Waals surface area contributed by atoms with Crippen molar-refractivity contribution in [1.29, 1.82) is 0 Å². The fourth-order valence-corrected chi connectivity index (χ4v) is 5.40. The van der Waals surface area contributed by atoms with Gasteiger partial charge in [-0.2, -0.15) is 0 Å². The van der Waals surface area contributed by atoms with Gasteiger partial charge in [-0.05, 0) is 24.6 Å². The number of nitrogens with one attached hydrogen (secondary N) is 1. The van der Waals surface area contributed by atoms with Gasteiger partial charge in [0, 0.05) is 12.3 Å². The summed E-state index contributed by atoms with van der Waals surface area (Å²) in [6, 6.07) is 18.2. The lowest BCUT2D eigenvalue weighted by Gasteiger charge is -2.05. The molecule has 4 rings (SSSR count). The van der Waals surface area contributed by atoms with E-state index in [9.17, 15) is 4.79 Å². The first kappa shape index (κ1) is 19.9. The summed E-state index contributed by atoms with van der Waals surface area (Å²) in [6.07, 6.45) is 0. The topological polar surface area (TPSA) is 72.7 Å². The first-order valence-corrected chi connectivity index (χ1v) is 11.9. The Morgan fingerprint density at radius 3 is 2.69 bits per heavy atom. The minimum absolute atomic E-state index is 0.111. The molecule has 2 aromatic carbocycles. The highest BCUT2D eigenvalue weighted by molar-refractivity contribution is 8.00. The Morgan fingerprint density at radius 1 is 1.07 bits per heavy atom. The van der Waals surface area contributed by atoms with E-state index in [0.29, 0.717) is 5.13 Å². The number of amides is 1. The number of benzene rings is 2. The Hall–Kier alpha value is -2.36. The van der Waals surface area contributed by atoms with Crippen molar-refractivity contribution in [2.45, 2.75) is 28.7 Å². The Kier molecular flexibility index (Phi) is 6.48. The number of carbonyl (C=O) groups excluding carboxylic acids is 1. The molecular formula is C20H19N5OS3. The second-order valence-electron chi connectivity index (χ2n) is 6.11. The van der Waals surface area contributed by atoms with Gasteiger partial charge in [-0.3, -0.25) is 10.1 Å². The van der Waals surface area contributed by atoms with E-state index in [0.717, 1.165) is 32.8 Å². The molecule has 0 fully saturated rings. The van der Waals surface area contributed by atoms with E-state index in [1.807, 2.05) is 42.5 Å². The summed E-state index contributed by atoms with van der Waals surface area (Å²) in [7, 11) is 0. The first-order valence-electron chi connectivity index (χ1n) is 9.11. The number of rotatable bonds is 8. The summed E-state index contributed by atoms with van der Waals surface area (Å²) >= 11 is 4.44. The van der Waals surface area contributed by atoms with E-state index >= 15 is 0 Å². The number of para-hydroxylation sites is 2. The van der Waals surface area contributed by atoms with Crippen molar-refractivity contribution in [3.63, 3.8) is 0 Å². The first-order chi connectivity index (χ1) is 14.2. The van der Waals surface area contributed by atoms with E-state index in [4.69, 9.17) is 0 Å². The highest BCUT2D eigenvalue weighted by Gasteiger charge is 2.13. The van der Waals surface area contributed by atoms with Crippen LogP contribution in [0.25, 0.3) is 11.0 Å². The maximum absolute atomic E-state index is 12.4. The van der Waals surface area contributed by atoms with Gasteiger partial charge in [0.2, 0.25) is 11.0 Å². The lowest BCUT2D eigenvalue weighted by atomic mass is 10.2. The van der Waals surface area contributed by atoms with Crippen LogP contribution in [0.4, 0.5) is 5.13 Å². The number of hydrogen-bond acceptors (Lipinski definition) is 7. The lowest BCUT2D eigenvalue weighted by molar-refractivity contribution is -0.113. The van der Waals surface area contributed by atoms with Crippen LogP contribution >= 0.6 is 34.9 Å². The van der Waals surface area contributed by atoms with Crippen LogP contribution in [-0.2, 0) is 17.1 Å². The van der Waals surface area contributed by atoms with Crippen molar-refractivity contribution >= 4 is 56.9 Å². The molecule has 0 bridgehead atoms. The molecule has 1 amide bonds. The molecule has 0 unspecified atom stereocenters. The second kappa shape index (κ2) is 9.43. The molecule has 9 heteroatoms. The van der Waals surface area contributed by atoms with Gasteiger partial charge in [0.25, 0.3) is 0 Å². The molecule has 2 aromatic heterocycles. The maximum Gasteiger partial charge on any atom is 0.236 e. The number of thioether (sulfide) groups is 2. The Labute approximate surface area is 181 Å². The van der Waals surface area contributed by atoms with Crippen LogP contribution in [0.5, 0.6) is 0 Å². The monoisotopic (exact) mass is 441 g/mol. The van der Waals surface area contributed by atoms with E-state index in [1.54, 1.807) is 11.8 Å². The molecular weight excluding hydrogens is 422 g/mol. The fourth-order valence-electron chi connectivity index (χ4n) is 2.79. The summed E-state index contributed by atoms with van der Waals surface area (Å²) in [4.78, 5) is 17.0. The lowest BCUT2D eigenvalue weighted by Crippen LogP contribution is -2.14. The number of aromatic nitrogens is 4. The molecule has 0 atom stereocenters. The Bertz CT molecular complexity index is 1110. The van der Waals surface area contributed by atoms with E-state index in [-0.39, 0.29) is 11.7 Å². The zero-order chi connectivity index (χ0) is 20.1. The summed E-state index contributed by atoms with van der Waals surface area (Å²) < 4.78 is 2.96. The molecule has 29 heavy (non-hydrogen) atoms. The smallest absolute Gasteiger partial charge is 0.236 e. The van der Waals surface area contributed by atoms with Gasteiger partial charge in [0.15, 0.2) is 9.50 Å². The highest BCUT2D eigenvalue weighted by Crippen LogP contribution is 2.29. The number of anilines is 1. The molecule has 0 radical (unpaired) electrons. The normalized spacial score (nSPS) is 11.1. The third kappa shape index (κ3) is 4.98. The van der Waals surface area contributed by atoms with Crippen molar-refractivity contribution < 1.29 is 4.79 Å². The molecule has 0 saturated heterocycles. The van der Waals surface area contributed by atoms with Gasteiger partial charge in [-0.25, -0.2) is 4.98 Å². The van der Waals surface area contributed by atoms with E-state index in [2.05, 4.69) is 44.1 Å². The number of aryl methyl sites for hydroxylation is 1. The average molecular weight is 442 g/mol. The number of nitrogens with zero attached hydrogens (tertiary/aromatic N) is 4. The second-order valence-corrected chi connectivity index (χ2v) is 9.25. The molecule has 6 nitrogen and oxygen atoms in total. The van der Waals surface area contributed by atoms with Crippen LogP contribution in [0.3, 0.4) is 0 Å². The van der Waals surface area contributed by atoms with Crippen LogP contribution in [0.1, 0.15) is 12.5 Å². The van der Waals surface area contributed by atoms with Crippen molar-refractivity contribution in [1.82, 2.24) is 19.7 Å². The molecule has 4 aromatic rings. The van der Waals surface area contributed by atoms with Crippen LogP contribution in [0.15, 0.2) is 64.1 Å². The SMILES string of the molecule is CCn1c(SCC(=O)Nc2nnc(SCc3ccccc3)s2)nc2ccccc21. The molecule has 0 spiro atoms. The number of fused-ring (bicyclic) bond motifs is 1. The molecule has 148 valence electrons. The third-order valence-electron chi connectivity index (χ3n) is 4.13. The Balaban J connectivity index is 1.32. The summed E-state index contributed by atoms with van der Waals surface area (Å²) in [5.41, 5.74) is 3.26. The summed E-state index contributed by atoms with van der Waals surface area (Å²) in [5.74, 6) is 0.988. The van der Waals surface area contributed by atoms with Gasteiger partial charge < -0.3 is 4.57 Å². The molecule has 0 saturated carbocycles. The minimum atomic E-state index is -0.111. The molecule has 2 heterocycles. The van der Waals surface area contributed by atoms with Gasteiger partial charge in [0.05, 0.1) is 16.8 Å². The van der Waals surface area contributed by atoms with Crippen LogP contribution in [0, 0.1) is 0 Å². The highest BCUT2D eigenvalue weighted by atomic mass is 32.2. The standard InChI is InChI=1S/C20H19N5OS3/c1-2-25-16-11-7-6-10-15(16)21-19(25)27-13-17(26)22-18-23-24-20(29-18)28-12-14-8-4-3-5-9-14/h3-11H,2,12-13H2,1H3,(H,22,23,26). The zero-order valence-corrected chi connectivity index (χ0v) is 18.2. The number of hydrogen-bond donors (Lipinski definition) is 1. The average Bonchev–Trinajstić information content (AvgIpc) is 3.35. The Morgan fingerprint density at radius 2 is 1.86 bits per heavy atom. The fraction of sp³-hybridized carbons (Fsp3) is 0.200. The van der Waals surface area contributed by atoms with Crippen LogP contribution in [-0.4, -0.2) is 31.4 Å². The molecule has 0 aliphatic rings. The van der Waals surface area contributed by atoms with Crippen molar-refractivity contribution in [2.75, 3.05) is 11.1 Å². The predicted octanol–water partition coefficient (Wildman–Crippen LogP) is 4.93.